The van der Waals surface area contributed by atoms with Crippen molar-refractivity contribution in [1.82, 2.24) is 10.2 Å². The zero-order valence-electron chi connectivity index (χ0n) is 12.9. The van der Waals surface area contributed by atoms with E-state index in [2.05, 4.69) is 21.2 Å². The van der Waals surface area contributed by atoms with Crippen LogP contribution < -0.4 is 11.1 Å². The SMILES string of the molecule is CC(N)(C(=O)N1C2CCC1CC(=O)NC2)c1ccc(Br)cc1.Cl. The maximum Gasteiger partial charge on any atom is 0.247 e. The number of fused-ring (bicyclic) bond motifs is 2. The van der Waals surface area contributed by atoms with Crippen molar-refractivity contribution < 1.29 is 9.59 Å². The van der Waals surface area contributed by atoms with Crippen LogP contribution >= 0.6 is 28.3 Å². The van der Waals surface area contributed by atoms with Crippen molar-refractivity contribution >= 4 is 40.2 Å². The molecule has 0 saturated carbocycles. The number of carbonyl (C=O) groups is 2. The lowest BCUT2D eigenvalue weighted by molar-refractivity contribution is -0.139. The molecular formula is C16H21BrClN3O2. The second-order valence-electron chi connectivity index (χ2n) is 6.31. The van der Waals surface area contributed by atoms with Crippen LogP contribution in [0.4, 0.5) is 0 Å². The lowest BCUT2D eigenvalue weighted by Gasteiger charge is -2.35. The molecule has 2 aliphatic rings. The van der Waals surface area contributed by atoms with E-state index >= 15 is 0 Å². The third-order valence-corrected chi connectivity index (χ3v) is 5.23. The first-order valence-corrected chi connectivity index (χ1v) is 8.33. The van der Waals surface area contributed by atoms with E-state index < -0.39 is 5.54 Å². The number of hydrogen-bond acceptors (Lipinski definition) is 3. The molecule has 3 atom stereocenters. The third-order valence-electron chi connectivity index (χ3n) is 4.70. The van der Waals surface area contributed by atoms with Crippen LogP contribution in [-0.2, 0) is 15.1 Å². The van der Waals surface area contributed by atoms with Crippen molar-refractivity contribution in [3.63, 3.8) is 0 Å². The van der Waals surface area contributed by atoms with E-state index in [4.69, 9.17) is 5.73 Å². The normalized spacial score (nSPS) is 25.9. The van der Waals surface area contributed by atoms with Gasteiger partial charge >= 0.3 is 0 Å². The Morgan fingerprint density at radius 1 is 1.30 bits per heavy atom. The van der Waals surface area contributed by atoms with Gasteiger partial charge in [-0.3, -0.25) is 9.59 Å². The van der Waals surface area contributed by atoms with Crippen molar-refractivity contribution in [3.05, 3.63) is 34.3 Å². The molecule has 2 amide bonds. The Balaban J connectivity index is 0.00000192. The smallest absolute Gasteiger partial charge is 0.247 e. The molecular weight excluding hydrogens is 382 g/mol. The highest BCUT2D eigenvalue weighted by Crippen LogP contribution is 2.33. The number of halogens is 2. The topological polar surface area (TPSA) is 75.4 Å². The summed E-state index contributed by atoms with van der Waals surface area (Å²) in [4.78, 5) is 26.6. The molecule has 0 aromatic heterocycles. The average Bonchev–Trinajstić information content (AvgIpc) is 2.78. The zero-order valence-corrected chi connectivity index (χ0v) is 15.3. The predicted octanol–water partition coefficient (Wildman–Crippen LogP) is 1.92. The van der Waals surface area contributed by atoms with Gasteiger partial charge in [-0.25, -0.2) is 0 Å². The molecule has 1 aromatic carbocycles. The Kier molecular flexibility index (Phi) is 5.38. The first-order chi connectivity index (χ1) is 10.4. The molecule has 0 radical (unpaired) electrons. The fraction of sp³-hybridized carbons (Fsp3) is 0.500. The Hall–Kier alpha value is -1.11. The van der Waals surface area contributed by atoms with E-state index in [0.29, 0.717) is 13.0 Å². The number of nitrogens with one attached hydrogen (secondary N) is 1. The Labute approximate surface area is 150 Å². The van der Waals surface area contributed by atoms with Crippen LogP contribution in [0.25, 0.3) is 0 Å². The minimum absolute atomic E-state index is 0. The fourth-order valence-corrected chi connectivity index (χ4v) is 3.66. The molecule has 126 valence electrons. The summed E-state index contributed by atoms with van der Waals surface area (Å²) in [5.74, 6) is -0.0776. The second-order valence-corrected chi connectivity index (χ2v) is 7.23. The maximum atomic E-state index is 13.1. The summed E-state index contributed by atoms with van der Waals surface area (Å²) in [6, 6.07) is 7.53. The van der Waals surface area contributed by atoms with Gasteiger partial charge in [-0.2, -0.15) is 0 Å². The van der Waals surface area contributed by atoms with Crippen molar-refractivity contribution in [2.24, 2.45) is 5.73 Å². The summed E-state index contributed by atoms with van der Waals surface area (Å²) in [7, 11) is 0. The summed E-state index contributed by atoms with van der Waals surface area (Å²) >= 11 is 3.39. The number of nitrogens with two attached hydrogens (primary N) is 1. The van der Waals surface area contributed by atoms with E-state index in [1.54, 1.807) is 6.92 Å². The van der Waals surface area contributed by atoms with E-state index in [9.17, 15) is 9.59 Å². The fourth-order valence-electron chi connectivity index (χ4n) is 3.40. The van der Waals surface area contributed by atoms with E-state index in [0.717, 1.165) is 22.9 Å². The quantitative estimate of drug-likeness (QED) is 0.793. The Morgan fingerprint density at radius 2 is 1.91 bits per heavy atom. The van der Waals surface area contributed by atoms with Crippen molar-refractivity contribution in [2.45, 2.75) is 43.8 Å². The second kappa shape index (κ2) is 6.79. The van der Waals surface area contributed by atoms with Crippen LogP contribution in [0.2, 0.25) is 0 Å². The van der Waals surface area contributed by atoms with Crippen molar-refractivity contribution in [1.29, 1.82) is 0 Å². The minimum Gasteiger partial charge on any atom is -0.354 e. The summed E-state index contributed by atoms with van der Waals surface area (Å²) in [6.07, 6.45) is 2.17. The molecule has 3 rings (SSSR count). The third kappa shape index (κ3) is 3.39. The lowest BCUT2D eigenvalue weighted by atomic mass is 9.91. The molecule has 23 heavy (non-hydrogen) atoms. The molecule has 3 unspecified atom stereocenters. The van der Waals surface area contributed by atoms with Crippen molar-refractivity contribution in [2.75, 3.05) is 6.54 Å². The van der Waals surface area contributed by atoms with Crippen molar-refractivity contribution in [3.8, 4) is 0 Å². The summed E-state index contributed by atoms with van der Waals surface area (Å²) in [5.41, 5.74) is 6.08. The zero-order chi connectivity index (χ0) is 15.9. The van der Waals surface area contributed by atoms with Gasteiger partial charge in [0.25, 0.3) is 0 Å². The molecule has 0 spiro atoms. The van der Waals surface area contributed by atoms with Crippen LogP contribution in [0.15, 0.2) is 28.7 Å². The summed E-state index contributed by atoms with van der Waals surface area (Å²) in [6.45, 7) is 2.27. The largest absolute Gasteiger partial charge is 0.354 e. The first kappa shape index (κ1) is 18.2. The monoisotopic (exact) mass is 401 g/mol. The first-order valence-electron chi connectivity index (χ1n) is 7.54. The average molecular weight is 403 g/mol. The van der Waals surface area contributed by atoms with Gasteiger partial charge in [0.15, 0.2) is 0 Å². The molecule has 1 aromatic rings. The number of rotatable bonds is 2. The van der Waals surface area contributed by atoms with Gasteiger partial charge in [-0.1, -0.05) is 28.1 Å². The highest BCUT2D eigenvalue weighted by atomic mass is 79.9. The predicted molar refractivity (Wildman–Crippen MR) is 94.2 cm³/mol. The minimum atomic E-state index is -1.09. The highest BCUT2D eigenvalue weighted by Gasteiger charge is 2.45. The molecule has 2 heterocycles. The highest BCUT2D eigenvalue weighted by molar-refractivity contribution is 9.10. The molecule has 2 bridgehead atoms. The molecule has 2 aliphatic heterocycles. The van der Waals surface area contributed by atoms with Gasteiger partial charge < -0.3 is 16.0 Å². The molecule has 3 N–H and O–H groups in total. The van der Waals surface area contributed by atoms with Crippen LogP contribution in [0, 0.1) is 0 Å². The van der Waals surface area contributed by atoms with Gasteiger partial charge in [0.1, 0.15) is 5.54 Å². The van der Waals surface area contributed by atoms with Crippen LogP contribution in [0.5, 0.6) is 0 Å². The van der Waals surface area contributed by atoms with E-state index in [-0.39, 0.29) is 36.3 Å². The summed E-state index contributed by atoms with van der Waals surface area (Å²) in [5, 5.41) is 2.88. The molecule has 2 saturated heterocycles. The number of amides is 2. The van der Waals surface area contributed by atoms with Crippen LogP contribution in [0.1, 0.15) is 31.7 Å². The van der Waals surface area contributed by atoms with E-state index in [1.807, 2.05) is 29.2 Å². The number of carbonyl (C=O) groups excluding carboxylic acids is 2. The lowest BCUT2D eigenvalue weighted by Crippen LogP contribution is -2.55. The molecule has 0 aliphatic carbocycles. The van der Waals surface area contributed by atoms with Gasteiger partial charge in [-0.15, -0.1) is 12.4 Å². The van der Waals surface area contributed by atoms with E-state index in [1.165, 1.54) is 0 Å². The van der Waals surface area contributed by atoms with Gasteiger partial charge in [0, 0.05) is 29.5 Å². The van der Waals surface area contributed by atoms with Gasteiger partial charge in [0.2, 0.25) is 11.8 Å². The molecule has 5 nitrogen and oxygen atoms in total. The molecule has 7 heteroatoms. The maximum absolute atomic E-state index is 13.1. The van der Waals surface area contributed by atoms with Gasteiger partial charge in [0.05, 0.1) is 0 Å². The number of hydrogen-bond donors (Lipinski definition) is 2. The summed E-state index contributed by atoms with van der Waals surface area (Å²) < 4.78 is 0.948. The van der Waals surface area contributed by atoms with Crippen LogP contribution in [-0.4, -0.2) is 35.3 Å². The number of benzene rings is 1. The number of nitrogens with zero attached hydrogens (tertiary/aromatic N) is 1. The van der Waals surface area contributed by atoms with Crippen LogP contribution in [0.3, 0.4) is 0 Å². The van der Waals surface area contributed by atoms with Gasteiger partial charge in [-0.05, 0) is 37.5 Å². The Morgan fingerprint density at radius 3 is 2.57 bits per heavy atom. The molecule has 2 fully saturated rings. The standard InChI is InChI=1S/C16H20BrN3O2.ClH/c1-16(18,10-2-4-11(17)5-3-10)15(22)20-12-6-7-13(20)9-19-14(21)8-12;/h2-5,12-13H,6-9,18H2,1H3,(H,19,21);1H. The Bertz CT molecular complexity index is 606.